The summed E-state index contributed by atoms with van der Waals surface area (Å²) in [5, 5.41) is 15.1. The molecule has 0 saturated carbocycles. The summed E-state index contributed by atoms with van der Waals surface area (Å²) in [5.41, 5.74) is 1.62. The molecular formula is C11H16N2O4S. The minimum Gasteiger partial charge on any atom is -0.481 e. The number of thioether (sulfide) groups is 1. The van der Waals surface area contributed by atoms with Crippen molar-refractivity contribution in [2.45, 2.75) is 26.8 Å². The van der Waals surface area contributed by atoms with Gasteiger partial charge in [-0.15, -0.1) is 11.8 Å². The Kier molecular flexibility index (Phi) is 5.21. The molecule has 0 bridgehead atoms. The lowest BCUT2D eigenvalue weighted by Gasteiger charge is -2.13. The number of nitrogens with one attached hydrogen (secondary N) is 1. The Balaban J connectivity index is 2.47. The number of hydrogen-bond acceptors (Lipinski definition) is 5. The molecule has 100 valence electrons. The lowest BCUT2D eigenvalue weighted by atomic mass is 10.1. The first-order valence-electron chi connectivity index (χ1n) is 5.43. The summed E-state index contributed by atoms with van der Waals surface area (Å²) in [7, 11) is 0. The first kappa shape index (κ1) is 14.6. The second kappa shape index (κ2) is 6.44. The molecule has 1 unspecified atom stereocenters. The van der Waals surface area contributed by atoms with Crippen molar-refractivity contribution in [2.75, 3.05) is 11.5 Å². The molecule has 1 aromatic rings. The maximum Gasteiger partial charge on any atom is 0.313 e. The van der Waals surface area contributed by atoms with Gasteiger partial charge in [0, 0.05) is 5.56 Å². The predicted octanol–water partition coefficient (Wildman–Crippen LogP) is 1.29. The average molecular weight is 272 g/mol. The van der Waals surface area contributed by atoms with Gasteiger partial charge in [0.1, 0.15) is 5.76 Å². The SMILES string of the molecule is Cc1noc(C)c1C(C)NC(=O)CSCC(=O)O. The van der Waals surface area contributed by atoms with E-state index in [1.807, 2.05) is 13.8 Å². The Bertz CT molecular complexity index is 425. The van der Waals surface area contributed by atoms with Crippen LogP contribution in [0, 0.1) is 13.8 Å². The van der Waals surface area contributed by atoms with E-state index in [1.165, 1.54) is 0 Å². The Morgan fingerprint density at radius 2 is 2.11 bits per heavy atom. The Hall–Kier alpha value is -1.50. The number of aromatic nitrogens is 1. The fourth-order valence-electron chi connectivity index (χ4n) is 1.69. The standard InChI is InChI=1S/C11H16N2O4S/c1-6(11-7(2)13-17-8(11)3)12-9(14)4-18-5-10(15)16/h6H,4-5H2,1-3H3,(H,12,14)(H,15,16). The third-order valence-electron chi connectivity index (χ3n) is 2.36. The number of amides is 1. The van der Waals surface area contributed by atoms with Crippen LogP contribution in [0.2, 0.25) is 0 Å². The molecule has 0 spiro atoms. The van der Waals surface area contributed by atoms with Crippen molar-refractivity contribution in [3.63, 3.8) is 0 Å². The Morgan fingerprint density at radius 3 is 2.61 bits per heavy atom. The molecule has 6 nitrogen and oxygen atoms in total. The maximum absolute atomic E-state index is 11.6. The van der Waals surface area contributed by atoms with Gasteiger partial charge in [-0.05, 0) is 20.8 Å². The Morgan fingerprint density at radius 1 is 1.44 bits per heavy atom. The van der Waals surface area contributed by atoms with Gasteiger partial charge in [0.05, 0.1) is 23.2 Å². The molecule has 0 aliphatic heterocycles. The van der Waals surface area contributed by atoms with E-state index in [9.17, 15) is 9.59 Å². The maximum atomic E-state index is 11.6. The highest BCUT2D eigenvalue weighted by molar-refractivity contribution is 8.00. The predicted molar refractivity (Wildman–Crippen MR) is 67.5 cm³/mol. The van der Waals surface area contributed by atoms with Gasteiger partial charge in [-0.25, -0.2) is 0 Å². The summed E-state index contributed by atoms with van der Waals surface area (Å²) in [5.74, 6) is -0.397. The molecule has 1 amide bonds. The van der Waals surface area contributed by atoms with E-state index in [0.29, 0.717) is 5.76 Å². The molecule has 0 saturated heterocycles. The zero-order chi connectivity index (χ0) is 13.7. The first-order chi connectivity index (χ1) is 8.41. The molecule has 0 aliphatic carbocycles. The smallest absolute Gasteiger partial charge is 0.313 e. The van der Waals surface area contributed by atoms with Crippen LogP contribution >= 0.6 is 11.8 Å². The lowest BCUT2D eigenvalue weighted by Crippen LogP contribution is -2.29. The molecule has 1 atom stereocenters. The van der Waals surface area contributed by atoms with Gasteiger partial charge in [-0.1, -0.05) is 5.16 Å². The molecule has 1 heterocycles. The molecule has 0 aliphatic rings. The van der Waals surface area contributed by atoms with E-state index in [4.69, 9.17) is 9.63 Å². The van der Waals surface area contributed by atoms with Gasteiger partial charge in [0.25, 0.3) is 0 Å². The number of rotatable bonds is 6. The second-order valence-electron chi connectivity index (χ2n) is 3.91. The van der Waals surface area contributed by atoms with Gasteiger partial charge in [-0.3, -0.25) is 9.59 Å². The van der Waals surface area contributed by atoms with Crippen molar-refractivity contribution >= 4 is 23.6 Å². The fourth-order valence-corrected chi connectivity index (χ4v) is 2.24. The van der Waals surface area contributed by atoms with Crippen LogP contribution in [0.15, 0.2) is 4.52 Å². The first-order valence-corrected chi connectivity index (χ1v) is 6.59. The lowest BCUT2D eigenvalue weighted by molar-refractivity contribution is -0.133. The van der Waals surface area contributed by atoms with Crippen molar-refractivity contribution in [2.24, 2.45) is 0 Å². The molecule has 0 aromatic carbocycles. The van der Waals surface area contributed by atoms with Crippen molar-refractivity contribution in [3.05, 3.63) is 17.0 Å². The number of carboxylic acid groups (broad SMARTS) is 1. The fraction of sp³-hybridized carbons (Fsp3) is 0.545. The normalized spacial score (nSPS) is 12.2. The zero-order valence-electron chi connectivity index (χ0n) is 10.5. The monoisotopic (exact) mass is 272 g/mol. The van der Waals surface area contributed by atoms with Crippen molar-refractivity contribution in [1.29, 1.82) is 0 Å². The summed E-state index contributed by atoms with van der Waals surface area (Å²) in [6.45, 7) is 5.44. The van der Waals surface area contributed by atoms with Crippen molar-refractivity contribution in [1.82, 2.24) is 10.5 Å². The average Bonchev–Trinajstić information content (AvgIpc) is 2.57. The number of hydrogen-bond donors (Lipinski definition) is 2. The number of aliphatic carboxylic acids is 1. The van der Waals surface area contributed by atoms with E-state index in [1.54, 1.807) is 6.92 Å². The zero-order valence-corrected chi connectivity index (χ0v) is 11.3. The molecule has 2 N–H and O–H groups in total. The summed E-state index contributed by atoms with van der Waals surface area (Å²) in [6.07, 6.45) is 0. The van der Waals surface area contributed by atoms with E-state index in [0.717, 1.165) is 23.0 Å². The largest absolute Gasteiger partial charge is 0.481 e. The third-order valence-corrected chi connectivity index (χ3v) is 3.28. The molecule has 1 rings (SSSR count). The Labute approximate surface area is 109 Å². The summed E-state index contributed by atoms with van der Waals surface area (Å²) in [6, 6.07) is -0.200. The quantitative estimate of drug-likeness (QED) is 0.810. The number of carboxylic acids is 1. The summed E-state index contributed by atoms with van der Waals surface area (Å²) in [4.78, 5) is 21.9. The third kappa shape index (κ3) is 4.06. The van der Waals surface area contributed by atoms with Crippen LogP contribution in [0.5, 0.6) is 0 Å². The number of carbonyl (C=O) groups is 2. The van der Waals surface area contributed by atoms with Gasteiger partial charge >= 0.3 is 5.97 Å². The van der Waals surface area contributed by atoms with E-state index in [2.05, 4.69) is 10.5 Å². The highest BCUT2D eigenvalue weighted by Gasteiger charge is 2.18. The van der Waals surface area contributed by atoms with Crippen molar-refractivity contribution < 1.29 is 19.2 Å². The molecule has 0 radical (unpaired) electrons. The molecule has 1 aromatic heterocycles. The highest BCUT2D eigenvalue weighted by atomic mass is 32.2. The van der Waals surface area contributed by atoms with Crippen LogP contribution in [0.1, 0.15) is 30.0 Å². The molecular weight excluding hydrogens is 256 g/mol. The van der Waals surface area contributed by atoms with Gasteiger partial charge < -0.3 is 14.9 Å². The van der Waals surface area contributed by atoms with Crippen LogP contribution in [0.25, 0.3) is 0 Å². The molecule has 7 heteroatoms. The van der Waals surface area contributed by atoms with E-state index in [-0.39, 0.29) is 23.5 Å². The van der Waals surface area contributed by atoms with Crippen LogP contribution in [-0.4, -0.2) is 33.6 Å². The van der Waals surface area contributed by atoms with E-state index >= 15 is 0 Å². The van der Waals surface area contributed by atoms with Crippen LogP contribution in [0.3, 0.4) is 0 Å². The van der Waals surface area contributed by atoms with Crippen molar-refractivity contribution in [3.8, 4) is 0 Å². The van der Waals surface area contributed by atoms with Crippen LogP contribution < -0.4 is 5.32 Å². The van der Waals surface area contributed by atoms with Gasteiger partial charge in [0.15, 0.2) is 0 Å². The topological polar surface area (TPSA) is 92.4 Å². The molecule has 18 heavy (non-hydrogen) atoms. The summed E-state index contributed by atoms with van der Waals surface area (Å²) >= 11 is 1.07. The number of aryl methyl sites for hydroxylation is 2. The number of nitrogens with zero attached hydrogens (tertiary/aromatic N) is 1. The van der Waals surface area contributed by atoms with Crippen LogP contribution in [-0.2, 0) is 9.59 Å². The molecule has 0 fully saturated rings. The van der Waals surface area contributed by atoms with Crippen LogP contribution in [0.4, 0.5) is 0 Å². The van der Waals surface area contributed by atoms with E-state index < -0.39 is 5.97 Å². The summed E-state index contributed by atoms with van der Waals surface area (Å²) < 4.78 is 5.03. The highest BCUT2D eigenvalue weighted by Crippen LogP contribution is 2.20. The second-order valence-corrected chi connectivity index (χ2v) is 4.90. The van der Waals surface area contributed by atoms with Gasteiger partial charge in [-0.2, -0.15) is 0 Å². The van der Waals surface area contributed by atoms with Gasteiger partial charge in [0.2, 0.25) is 5.91 Å². The minimum atomic E-state index is -0.924. The number of carbonyl (C=O) groups excluding carboxylic acids is 1. The minimum absolute atomic E-state index is 0.0763.